The summed E-state index contributed by atoms with van der Waals surface area (Å²) >= 11 is 2.27. The van der Waals surface area contributed by atoms with Gasteiger partial charge in [0.1, 0.15) is 16.0 Å². The summed E-state index contributed by atoms with van der Waals surface area (Å²) in [7, 11) is 0. The third-order valence-corrected chi connectivity index (χ3v) is 6.16. The molecule has 0 saturated carbocycles. The molecule has 4 rings (SSSR count). The number of amides is 1. The Kier molecular flexibility index (Phi) is 4.45. The number of carbonyl (C=O) groups excluding carboxylic acids is 1. The van der Waals surface area contributed by atoms with Crippen LogP contribution in [0.4, 0.5) is 4.39 Å². The molecule has 8 heteroatoms. The normalized spacial score (nSPS) is 11.3. The smallest absolute Gasteiger partial charge is 0.276 e. The van der Waals surface area contributed by atoms with E-state index in [1.165, 1.54) is 22.0 Å². The van der Waals surface area contributed by atoms with Crippen LogP contribution in [0.3, 0.4) is 0 Å². The maximum absolute atomic E-state index is 14.4. The minimum Gasteiger partial charge on any atom is -0.369 e. The zero-order chi connectivity index (χ0) is 19.1. The van der Waals surface area contributed by atoms with Crippen molar-refractivity contribution >= 4 is 49.3 Å². The van der Waals surface area contributed by atoms with E-state index < -0.39 is 11.7 Å². The van der Waals surface area contributed by atoms with Crippen molar-refractivity contribution in [3.63, 3.8) is 0 Å². The second-order valence-corrected chi connectivity index (χ2v) is 8.01. The number of primary amides is 1. The van der Waals surface area contributed by atoms with Gasteiger partial charge in [-0.3, -0.25) is 14.2 Å². The number of thiophene rings is 1. The number of aromatic nitrogens is 2. The van der Waals surface area contributed by atoms with E-state index in [-0.39, 0.29) is 11.3 Å². The van der Waals surface area contributed by atoms with Crippen LogP contribution in [-0.2, 0) is 4.79 Å². The molecular weight excluding hydrogens is 385 g/mol. The number of hydrogen-bond donors (Lipinski definition) is 1. The first-order valence-corrected chi connectivity index (χ1v) is 9.88. The number of carbonyl (C=O) groups is 1. The van der Waals surface area contributed by atoms with Gasteiger partial charge in [0.05, 0.1) is 16.8 Å². The molecule has 0 aliphatic carbocycles. The van der Waals surface area contributed by atoms with Crippen molar-refractivity contribution in [2.45, 2.75) is 12.1 Å². The number of halogens is 1. The first kappa shape index (κ1) is 17.7. The van der Waals surface area contributed by atoms with E-state index in [0.29, 0.717) is 31.1 Å². The van der Waals surface area contributed by atoms with Crippen molar-refractivity contribution in [2.75, 3.05) is 5.75 Å². The van der Waals surface area contributed by atoms with Gasteiger partial charge in [0.2, 0.25) is 5.91 Å². The van der Waals surface area contributed by atoms with Gasteiger partial charge in [-0.2, -0.15) is 0 Å². The highest BCUT2D eigenvalue weighted by Gasteiger charge is 2.19. The van der Waals surface area contributed by atoms with E-state index in [1.807, 2.05) is 31.2 Å². The molecule has 0 unspecified atom stereocenters. The van der Waals surface area contributed by atoms with Gasteiger partial charge in [-0.1, -0.05) is 35.5 Å². The molecule has 0 bridgehead atoms. The van der Waals surface area contributed by atoms with Crippen LogP contribution in [0.1, 0.15) is 5.56 Å². The molecule has 0 spiro atoms. The lowest BCUT2D eigenvalue weighted by Crippen LogP contribution is -2.22. The molecular formula is C19H14FN3O2S2. The molecule has 2 aromatic carbocycles. The van der Waals surface area contributed by atoms with Crippen LogP contribution in [0, 0.1) is 12.7 Å². The molecule has 0 radical (unpaired) electrons. The summed E-state index contributed by atoms with van der Waals surface area (Å²) in [6.07, 6.45) is 0. The third kappa shape index (κ3) is 3.11. The first-order chi connectivity index (χ1) is 13.0. The molecule has 136 valence electrons. The summed E-state index contributed by atoms with van der Waals surface area (Å²) in [6.45, 7) is 1.95. The van der Waals surface area contributed by atoms with E-state index in [2.05, 4.69) is 4.98 Å². The van der Waals surface area contributed by atoms with Gasteiger partial charge >= 0.3 is 0 Å². The fourth-order valence-corrected chi connectivity index (χ4v) is 4.66. The minimum absolute atomic E-state index is 0.0334. The SMILES string of the molecule is Cc1ccc(-n2c(SCC(N)=O)nc3c(sc4cccc(F)c43)c2=O)cc1. The number of benzene rings is 2. The minimum atomic E-state index is -0.522. The van der Waals surface area contributed by atoms with Gasteiger partial charge in [-0.05, 0) is 31.2 Å². The number of nitrogens with zero attached hydrogens (tertiary/aromatic N) is 2. The van der Waals surface area contributed by atoms with Crippen molar-refractivity contribution < 1.29 is 9.18 Å². The molecule has 2 aromatic heterocycles. The number of rotatable bonds is 4. The summed E-state index contributed by atoms with van der Waals surface area (Å²) in [5.41, 5.74) is 6.96. The van der Waals surface area contributed by atoms with Crippen molar-refractivity contribution in [3.8, 4) is 5.69 Å². The zero-order valence-electron chi connectivity index (χ0n) is 14.2. The van der Waals surface area contributed by atoms with Crippen LogP contribution >= 0.6 is 23.1 Å². The second kappa shape index (κ2) is 6.79. The highest BCUT2D eigenvalue weighted by atomic mass is 32.2. The predicted molar refractivity (Wildman–Crippen MR) is 107 cm³/mol. The lowest BCUT2D eigenvalue weighted by atomic mass is 10.2. The van der Waals surface area contributed by atoms with Crippen molar-refractivity contribution in [2.24, 2.45) is 5.73 Å². The highest BCUT2D eigenvalue weighted by Crippen LogP contribution is 2.34. The van der Waals surface area contributed by atoms with Gasteiger partial charge in [-0.25, -0.2) is 9.37 Å². The topological polar surface area (TPSA) is 78.0 Å². The Labute approximate surface area is 161 Å². The predicted octanol–water partition coefficient (Wildman–Crippen LogP) is 3.63. The van der Waals surface area contributed by atoms with Gasteiger partial charge in [0.15, 0.2) is 5.16 Å². The molecule has 5 nitrogen and oxygen atoms in total. The number of nitrogens with two attached hydrogens (primary N) is 1. The van der Waals surface area contributed by atoms with Crippen LogP contribution in [-0.4, -0.2) is 21.2 Å². The zero-order valence-corrected chi connectivity index (χ0v) is 15.9. The standard InChI is InChI=1S/C19H14FN3O2S2/c1-10-5-7-11(8-6-10)23-18(25)17-16(22-19(23)26-9-14(21)24)15-12(20)3-2-4-13(15)27-17/h2-8H,9H2,1H3,(H2,21,24). The monoisotopic (exact) mass is 399 g/mol. The maximum Gasteiger partial charge on any atom is 0.276 e. The lowest BCUT2D eigenvalue weighted by molar-refractivity contribution is -0.115. The van der Waals surface area contributed by atoms with Gasteiger partial charge in [-0.15, -0.1) is 11.3 Å². The molecule has 0 aliphatic heterocycles. The molecule has 4 aromatic rings. The Morgan fingerprint density at radius 2 is 2.00 bits per heavy atom. The van der Waals surface area contributed by atoms with Crippen LogP contribution in [0.25, 0.3) is 26.0 Å². The molecule has 0 aliphatic rings. The summed E-state index contributed by atoms with van der Waals surface area (Å²) in [6, 6.07) is 12.1. The first-order valence-electron chi connectivity index (χ1n) is 8.07. The lowest BCUT2D eigenvalue weighted by Gasteiger charge is -2.12. The summed E-state index contributed by atoms with van der Waals surface area (Å²) < 4.78 is 16.8. The van der Waals surface area contributed by atoms with Gasteiger partial charge in [0, 0.05) is 4.70 Å². The quantitative estimate of drug-likeness (QED) is 0.420. The van der Waals surface area contributed by atoms with Crippen LogP contribution in [0.15, 0.2) is 52.4 Å². The molecule has 0 atom stereocenters. The van der Waals surface area contributed by atoms with Gasteiger partial charge < -0.3 is 5.73 Å². The second-order valence-electron chi connectivity index (χ2n) is 6.02. The van der Waals surface area contributed by atoms with E-state index >= 15 is 0 Å². The third-order valence-electron chi connectivity index (χ3n) is 4.07. The summed E-state index contributed by atoms with van der Waals surface area (Å²) in [4.78, 5) is 29.0. The van der Waals surface area contributed by atoms with Crippen LogP contribution in [0.2, 0.25) is 0 Å². The number of hydrogen-bond acceptors (Lipinski definition) is 5. The Morgan fingerprint density at radius 1 is 1.26 bits per heavy atom. The van der Waals surface area contributed by atoms with E-state index in [9.17, 15) is 14.0 Å². The Bertz CT molecular complexity index is 1250. The molecule has 27 heavy (non-hydrogen) atoms. The number of aryl methyl sites for hydroxylation is 1. The molecule has 0 fully saturated rings. The largest absolute Gasteiger partial charge is 0.369 e. The van der Waals surface area contributed by atoms with Crippen molar-refractivity contribution in [3.05, 3.63) is 64.2 Å². The number of thioether (sulfide) groups is 1. The molecule has 0 saturated heterocycles. The fraction of sp³-hybridized carbons (Fsp3) is 0.105. The summed E-state index contributed by atoms with van der Waals surface area (Å²) in [5, 5.41) is 0.629. The highest BCUT2D eigenvalue weighted by molar-refractivity contribution is 7.99. The number of fused-ring (bicyclic) bond motifs is 3. The Hall–Kier alpha value is -2.71. The molecule has 2 N–H and O–H groups in total. The van der Waals surface area contributed by atoms with Crippen molar-refractivity contribution in [1.29, 1.82) is 0 Å². The van der Waals surface area contributed by atoms with E-state index in [1.54, 1.807) is 12.1 Å². The Balaban J connectivity index is 2.06. The average molecular weight is 399 g/mol. The molecule has 1 amide bonds. The van der Waals surface area contributed by atoms with Crippen molar-refractivity contribution in [1.82, 2.24) is 9.55 Å². The summed E-state index contributed by atoms with van der Waals surface area (Å²) in [5.74, 6) is -0.982. The van der Waals surface area contributed by atoms with E-state index in [4.69, 9.17) is 5.73 Å². The van der Waals surface area contributed by atoms with E-state index in [0.717, 1.165) is 17.3 Å². The molecule has 2 heterocycles. The maximum atomic E-state index is 14.4. The fourth-order valence-electron chi connectivity index (χ4n) is 2.83. The van der Waals surface area contributed by atoms with Crippen LogP contribution in [0.5, 0.6) is 0 Å². The Morgan fingerprint density at radius 3 is 2.70 bits per heavy atom. The van der Waals surface area contributed by atoms with Gasteiger partial charge in [0.25, 0.3) is 5.56 Å². The average Bonchev–Trinajstić information content (AvgIpc) is 3.01. The van der Waals surface area contributed by atoms with Crippen LogP contribution < -0.4 is 11.3 Å².